The van der Waals surface area contributed by atoms with Gasteiger partial charge in [0.15, 0.2) is 0 Å². The highest BCUT2D eigenvalue weighted by Crippen LogP contribution is 2.50. The summed E-state index contributed by atoms with van der Waals surface area (Å²) in [6, 6.07) is 37.2. The van der Waals surface area contributed by atoms with E-state index in [4.69, 9.17) is 9.05 Å². The van der Waals surface area contributed by atoms with Gasteiger partial charge in [-0.05, 0) is 62.4 Å². The van der Waals surface area contributed by atoms with Crippen LogP contribution in [0.1, 0.15) is 20.8 Å². The molecule has 0 saturated carbocycles. The number of rotatable bonds is 10. The van der Waals surface area contributed by atoms with Gasteiger partial charge < -0.3 is 9.05 Å². The largest absolute Gasteiger partial charge is 0.319 e. The van der Waals surface area contributed by atoms with Gasteiger partial charge in [0, 0.05) is 27.1 Å². The highest BCUT2D eigenvalue weighted by atomic mass is 31.2. The van der Waals surface area contributed by atoms with Crippen LogP contribution in [0, 0.1) is 5.92 Å². The highest BCUT2D eigenvalue weighted by molar-refractivity contribution is 7.74. The van der Waals surface area contributed by atoms with Gasteiger partial charge in [0.25, 0.3) is 14.7 Å². The Balaban J connectivity index is 1.61. The minimum atomic E-state index is -3.37. The van der Waals surface area contributed by atoms with E-state index in [9.17, 15) is 9.13 Å². The lowest BCUT2D eigenvalue weighted by Gasteiger charge is -2.32. The molecule has 0 saturated heterocycles. The van der Waals surface area contributed by atoms with Crippen molar-refractivity contribution in [2.24, 2.45) is 5.92 Å². The fourth-order valence-corrected chi connectivity index (χ4v) is 8.74. The zero-order chi connectivity index (χ0) is 25.6. The summed E-state index contributed by atoms with van der Waals surface area (Å²) >= 11 is 0. The third-order valence-corrected chi connectivity index (χ3v) is 11.7. The first kappa shape index (κ1) is 26.3. The van der Waals surface area contributed by atoms with Gasteiger partial charge in [-0.15, -0.1) is 0 Å². The van der Waals surface area contributed by atoms with E-state index in [1.807, 2.05) is 142 Å². The second kappa shape index (κ2) is 11.5. The van der Waals surface area contributed by atoms with Crippen molar-refractivity contribution in [3.63, 3.8) is 0 Å². The Morgan fingerprint density at radius 2 is 0.667 bits per heavy atom. The molecule has 4 aromatic rings. The maximum absolute atomic E-state index is 14.4. The molecule has 4 rings (SSSR count). The highest BCUT2D eigenvalue weighted by Gasteiger charge is 2.37. The molecule has 6 heteroatoms. The van der Waals surface area contributed by atoms with Crippen molar-refractivity contribution in [1.29, 1.82) is 0 Å². The van der Waals surface area contributed by atoms with Crippen molar-refractivity contribution in [2.45, 2.75) is 33.0 Å². The van der Waals surface area contributed by atoms with Crippen molar-refractivity contribution in [3.8, 4) is 0 Å². The van der Waals surface area contributed by atoms with Gasteiger partial charge in [-0.25, -0.2) is 0 Å². The summed E-state index contributed by atoms with van der Waals surface area (Å²) in [6.45, 7) is 5.79. The first-order valence-electron chi connectivity index (χ1n) is 12.1. The molecule has 4 aromatic carbocycles. The minimum absolute atomic E-state index is 0.202. The lowest BCUT2D eigenvalue weighted by Crippen LogP contribution is -2.33. The van der Waals surface area contributed by atoms with E-state index in [-0.39, 0.29) is 5.92 Å². The monoisotopic (exact) mass is 518 g/mol. The molecule has 0 aliphatic heterocycles. The zero-order valence-electron chi connectivity index (χ0n) is 20.8. The SMILES string of the molecule is CC(OP(=O)(c1ccccc1)c1ccccc1)C(C)C(C)OP(=O)(c1ccccc1)c1ccccc1. The van der Waals surface area contributed by atoms with Gasteiger partial charge >= 0.3 is 0 Å². The number of benzene rings is 4. The Morgan fingerprint density at radius 1 is 0.444 bits per heavy atom. The number of hydrogen-bond acceptors (Lipinski definition) is 4. The molecule has 36 heavy (non-hydrogen) atoms. The van der Waals surface area contributed by atoms with Crippen LogP contribution in [0.25, 0.3) is 0 Å². The Bertz CT molecular complexity index is 1140. The van der Waals surface area contributed by atoms with E-state index in [1.54, 1.807) is 0 Å². The van der Waals surface area contributed by atoms with E-state index in [0.29, 0.717) is 21.2 Å². The van der Waals surface area contributed by atoms with Crippen LogP contribution in [0.5, 0.6) is 0 Å². The summed E-state index contributed by atoms with van der Waals surface area (Å²) in [7, 11) is -6.73. The van der Waals surface area contributed by atoms with Crippen molar-refractivity contribution < 1.29 is 18.2 Å². The van der Waals surface area contributed by atoms with Crippen LogP contribution < -0.4 is 21.2 Å². The molecule has 2 atom stereocenters. The van der Waals surface area contributed by atoms with Crippen molar-refractivity contribution >= 4 is 36.0 Å². The molecule has 0 aliphatic rings. The van der Waals surface area contributed by atoms with Crippen LogP contribution in [0.4, 0.5) is 0 Å². The molecule has 0 N–H and O–H groups in total. The topological polar surface area (TPSA) is 52.6 Å². The summed E-state index contributed by atoms with van der Waals surface area (Å²) < 4.78 is 41.5. The fourth-order valence-electron chi connectivity index (χ4n) is 4.08. The summed E-state index contributed by atoms with van der Waals surface area (Å²) in [5.41, 5.74) is 0. The van der Waals surface area contributed by atoms with E-state index in [2.05, 4.69) is 0 Å². The summed E-state index contributed by atoms with van der Waals surface area (Å²) in [5.74, 6) is -0.202. The third-order valence-electron chi connectivity index (χ3n) is 6.49. The predicted molar refractivity (Wildman–Crippen MR) is 150 cm³/mol. The molecule has 4 nitrogen and oxygen atoms in total. The first-order valence-corrected chi connectivity index (χ1v) is 15.4. The van der Waals surface area contributed by atoms with E-state index in [0.717, 1.165) is 0 Å². The maximum atomic E-state index is 14.4. The van der Waals surface area contributed by atoms with Crippen molar-refractivity contribution in [1.82, 2.24) is 0 Å². The van der Waals surface area contributed by atoms with Gasteiger partial charge in [-0.3, -0.25) is 9.13 Å². The van der Waals surface area contributed by atoms with Crippen molar-refractivity contribution in [3.05, 3.63) is 121 Å². The van der Waals surface area contributed by atoms with E-state index in [1.165, 1.54) is 0 Å². The van der Waals surface area contributed by atoms with Crippen LogP contribution in [0.3, 0.4) is 0 Å². The molecule has 0 fully saturated rings. The Morgan fingerprint density at radius 3 is 0.889 bits per heavy atom. The summed E-state index contributed by atoms with van der Waals surface area (Å²) in [5, 5.41) is 2.57. The summed E-state index contributed by atoms with van der Waals surface area (Å²) in [4.78, 5) is 0. The molecular formula is C30H32O4P2. The molecule has 2 unspecified atom stereocenters. The molecule has 0 aromatic heterocycles. The van der Waals surface area contributed by atoms with Crippen LogP contribution in [-0.2, 0) is 18.2 Å². The molecular weight excluding hydrogens is 486 g/mol. The number of hydrogen-bond donors (Lipinski definition) is 0. The van der Waals surface area contributed by atoms with Crippen molar-refractivity contribution in [2.75, 3.05) is 0 Å². The molecule has 0 heterocycles. The molecule has 0 radical (unpaired) electrons. The first-order chi connectivity index (χ1) is 17.3. The third kappa shape index (κ3) is 5.64. The molecule has 0 aliphatic carbocycles. The average molecular weight is 519 g/mol. The van der Waals surface area contributed by atoms with Crippen LogP contribution in [0.2, 0.25) is 0 Å². The van der Waals surface area contributed by atoms with Gasteiger partial charge in [0.2, 0.25) is 0 Å². The Labute approximate surface area is 214 Å². The Kier molecular flexibility index (Phi) is 8.44. The molecule has 0 bridgehead atoms. The Hall–Kier alpha value is -2.74. The minimum Gasteiger partial charge on any atom is -0.319 e. The van der Waals surface area contributed by atoms with Gasteiger partial charge in [0.1, 0.15) is 0 Å². The maximum Gasteiger partial charge on any atom is 0.261 e. The smallest absolute Gasteiger partial charge is 0.261 e. The van der Waals surface area contributed by atoms with Crippen LogP contribution in [0.15, 0.2) is 121 Å². The fraction of sp³-hybridized carbons (Fsp3) is 0.200. The zero-order valence-corrected chi connectivity index (χ0v) is 22.6. The lowest BCUT2D eigenvalue weighted by molar-refractivity contribution is 0.0786. The molecule has 0 amide bonds. The van der Waals surface area contributed by atoms with E-state index < -0.39 is 26.9 Å². The summed E-state index contributed by atoms with van der Waals surface area (Å²) in [6.07, 6.45) is -0.877. The van der Waals surface area contributed by atoms with Crippen LogP contribution >= 0.6 is 14.7 Å². The predicted octanol–water partition coefficient (Wildman–Crippen LogP) is 6.29. The standard InChI is InChI=1S/C30H32O4P2/c1-24(25(2)33-35(31,27-16-8-4-9-17-27)28-18-10-5-11-19-28)26(3)34-36(32,29-20-12-6-13-21-29)30-22-14-7-15-23-30/h4-26H,1-3H3. The quantitative estimate of drug-likeness (QED) is 0.232. The van der Waals surface area contributed by atoms with Crippen LogP contribution in [-0.4, -0.2) is 12.2 Å². The second-order valence-corrected chi connectivity index (χ2v) is 13.6. The van der Waals surface area contributed by atoms with E-state index >= 15 is 0 Å². The second-order valence-electron chi connectivity index (χ2n) is 8.93. The van der Waals surface area contributed by atoms with Gasteiger partial charge in [-0.2, -0.15) is 0 Å². The average Bonchev–Trinajstić information content (AvgIpc) is 2.94. The van der Waals surface area contributed by atoms with Gasteiger partial charge in [-0.1, -0.05) is 79.7 Å². The molecule has 0 spiro atoms. The molecule has 186 valence electrons. The lowest BCUT2D eigenvalue weighted by atomic mass is 10.0. The normalized spacial score (nSPS) is 14.6. The van der Waals surface area contributed by atoms with Gasteiger partial charge in [0.05, 0.1) is 12.2 Å².